The number of pyridine rings is 1. The van der Waals surface area contributed by atoms with E-state index in [9.17, 15) is 14.0 Å². The van der Waals surface area contributed by atoms with Gasteiger partial charge in [-0.15, -0.1) is 0 Å². The lowest BCUT2D eigenvalue weighted by molar-refractivity contribution is 0.0594. The maximum Gasteiger partial charge on any atom is 0.356 e. The average molecular weight is 496 g/mol. The van der Waals surface area contributed by atoms with Gasteiger partial charge in [-0.3, -0.25) is 0 Å². The molecule has 192 valence electrons. The monoisotopic (exact) mass is 495 g/mol. The molecule has 0 spiro atoms. The van der Waals surface area contributed by atoms with Crippen molar-refractivity contribution in [3.05, 3.63) is 53.1 Å². The average Bonchev–Trinajstić information content (AvgIpc) is 3.22. The van der Waals surface area contributed by atoms with Gasteiger partial charge in [0.15, 0.2) is 11.3 Å². The van der Waals surface area contributed by atoms with Crippen molar-refractivity contribution in [2.45, 2.75) is 64.8 Å². The molecule has 0 atom stereocenters. The summed E-state index contributed by atoms with van der Waals surface area (Å²) in [5.74, 6) is -0.666. The number of ether oxygens (including phenoxy) is 1. The number of nitrogens with zero attached hydrogens (tertiary/aromatic N) is 4. The number of rotatable bonds is 4. The van der Waals surface area contributed by atoms with Gasteiger partial charge in [-0.1, -0.05) is 13.8 Å². The van der Waals surface area contributed by atoms with E-state index < -0.39 is 5.97 Å². The molecule has 1 saturated heterocycles. The first-order chi connectivity index (χ1) is 17.0. The van der Waals surface area contributed by atoms with E-state index in [1.807, 2.05) is 31.7 Å². The minimum atomic E-state index is -0.530. The van der Waals surface area contributed by atoms with Crippen LogP contribution in [-0.2, 0) is 4.74 Å². The Morgan fingerprint density at radius 1 is 1.14 bits per heavy atom. The minimum absolute atomic E-state index is 0.0666. The zero-order valence-corrected chi connectivity index (χ0v) is 21.8. The highest BCUT2D eigenvalue weighted by Gasteiger charge is 2.30. The Kier molecular flexibility index (Phi) is 7.02. The summed E-state index contributed by atoms with van der Waals surface area (Å²) >= 11 is 0. The second kappa shape index (κ2) is 9.87. The van der Waals surface area contributed by atoms with E-state index in [0.717, 1.165) is 29.5 Å². The summed E-state index contributed by atoms with van der Waals surface area (Å²) in [7, 11) is 1.33. The van der Waals surface area contributed by atoms with Crippen LogP contribution < -0.4 is 5.32 Å². The van der Waals surface area contributed by atoms with Crippen LogP contribution in [0.4, 0.5) is 9.18 Å². The number of piperidine rings is 1. The van der Waals surface area contributed by atoms with Crippen molar-refractivity contribution in [3.63, 3.8) is 0 Å². The maximum absolute atomic E-state index is 13.6. The van der Waals surface area contributed by atoms with Crippen LogP contribution in [0.5, 0.6) is 0 Å². The van der Waals surface area contributed by atoms with Gasteiger partial charge < -0.3 is 15.0 Å². The fraction of sp³-hybridized carbons (Fsp3) is 0.481. The van der Waals surface area contributed by atoms with Crippen molar-refractivity contribution < 1.29 is 18.7 Å². The highest BCUT2D eigenvalue weighted by Crippen LogP contribution is 2.37. The molecule has 36 heavy (non-hydrogen) atoms. The van der Waals surface area contributed by atoms with Crippen molar-refractivity contribution in [2.75, 3.05) is 20.2 Å². The summed E-state index contributed by atoms with van der Waals surface area (Å²) in [6.45, 7) is 11.2. The Balaban J connectivity index is 1.79. The van der Waals surface area contributed by atoms with Gasteiger partial charge in [0.1, 0.15) is 5.82 Å². The lowest BCUT2D eigenvalue weighted by Gasteiger charge is -2.34. The molecule has 0 bridgehead atoms. The number of amides is 2. The minimum Gasteiger partial charge on any atom is -0.464 e. The van der Waals surface area contributed by atoms with Gasteiger partial charge in [-0.05, 0) is 81.3 Å². The highest BCUT2D eigenvalue weighted by atomic mass is 19.1. The first-order valence-electron chi connectivity index (χ1n) is 12.3. The number of halogens is 1. The van der Waals surface area contributed by atoms with E-state index in [1.54, 1.807) is 16.8 Å². The number of benzene rings is 1. The predicted octanol–water partition coefficient (Wildman–Crippen LogP) is 5.16. The standard InChI is InChI=1S/C27H34FN5O3/c1-16(2)23-22-20(17-11-13-32(14-12-17)26(35)30-27(3,4)5)15-21(25(34)36-6)29-24(22)33(31-23)19-9-7-18(28)8-10-19/h7-10,15-17H,11-14H2,1-6H3,(H,30,35). The number of carbonyl (C=O) groups excluding carboxylic acids is 2. The first kappa shape index (κ1) is 25.6. The zero-order chi connectivity index (χ0) is 26.2. The van der Waals surface area contributed by atoms with Gasteiger partial charge in [0.05, 0.1) is 18.5 Å². The molecule has 1 aliphatic heterocycles. The fourth-order valence-electron chi connectivity index (χ4n) is 4.66. The third-order valence-electron chi connectivity index (χ3n) is 6.41. The van der Waals surface area contributed by atoms with E-state index in [4.69, 9.17) is 9.84 Å². The number of methoxy groups -OCH3 is 1. The van der Waals surface area contributed by atoms with Crippen LogP contribution in [-0.4, -0.2) is 57.4 Å². The molecular weight excluding hydrogens is 461 g/mol. The van der Waals surface area contributed by atoms with Crippen molar-refractivity contribution in [1.82, 2.24) is 25.0 Å². The van der Waals surface area contributed by atoms with E-state index in [2.05, 4.69) is 24.1 Å². The summed E-state index contributed by atoms with van der Waals surface area (Å²) < 4.78 is 20.3. The molecule has 3 aromatic rings. The molecule has 2 amide bonds. The lowest BCUT2D eigenvalue weighted by Crippen LogP contribution is -2.50. The van der Waals surface area contributed by atoms with Crippen molar-refractivity contribution in [2.24, 2.45) is 0 Å². The van der Waals surface area contributed by atoms with Crippen LogP contribution in [0.2, 0.25) is 0 Å². The van der Waals surface area contributed by atoms with Crippen molar-refractivity contribution in [3.8, 4) is 5.69 Å². The number of urea groups is 1. The summed E-state index contributed by atoms with van der Waals surface area (Å²) in [5, 5.41) is 8.79. The Labute approximate surface area is 210 Å². The molecule has 1 aliphatic rings. The summed E-state index contributed by atoms with van der Waals surface area (Å²) in [6.07, 6.45) is 1.49. The molecule has 2 aromatic heterocycles. The number of carbonyl (C=O) groups is 2. The number of hydrogen-bond acceptors (Lipinski definition) is 5. The quantitative estimate of drug-likeness (QED) is 0.505. The molecule has 0 radical (unpaired) electrons. The van der Waals surface area contributed by atoms with Gasteiger partial charge in [0, 0.05) is 24.0 Å². The zero-order valence-electron chi connectivity index (χ0n) is 21.8. The van der Waals surface area contributed by atoms with Gasteiger partial charge in [-0.2, -0.15) is 5.10 Å². The van der Waals surface area contributed by atoms with Gasteiger partial charge in [-0.25, -0.2) is 23.6 Å². The number of fused-ring (bicyclic) bond motifs is 1. The van der Waals surface area contributed by atoms with Crippen LogP contribution in [0, 0.1) is 5.82 Å². The SMILES string of the molecule is COC(=O)c1cc(C2CCN(C(=O)NC(C)(C)C)CC2)c2c(C(C)C)nn(-c3ccc(F)cc3)c2n1. The van der Waals surface area contributed by atoms with Crippen LogP contribution in [0.25, 0.3) is 16.7 Å². The van der Waals surface area contributed by atoms with E-state index in [-0.39, 0.29) is 34.9 Å². The molecule has 8 nitrogen and oxygen atoms in total. The molecule has 0 aliphatic carbocycles. The molecule has 0 saturated carbocycles. The summed E-state index contributed by atoms with van der Waals surface area (Å²) in [5.41, 5.74) is 2.93. The molecule has 9 heteroatoms. The lowest BCUT2D eigenvalue weighted by atomic mass is 9.86. The van der Waals surface area contributed by atoms with Gasteiger partial charge >= 0.3 is 12.0 Å². The van der Waals surface area contributed by atoms with Crippen molar-refractivity contribution >= 4 is 23.0 Å². The Morgan fingerprint density at radius 3 is 2.33 bits per heavy atom. The highest BCUT2D eigenvalue weighted by molar-refractivity contribution is 5.93. The molecule has 1 aromatic carbocycles. The molecule has 4 rings (SSSR count). The second-order valence-corrected chi connectivity index (χ2v) is 10.7. The smallest absolute Gasteiger partial charge is 0.356 e. The van der Waals surface area contributed by atoms with E-state index in [0.29, 0.717) is 24.4 Å². The largest absolute Gasteiger partial charge is 0.464 e. The van der Waals surface area contributed by atoms with Crippen molar-refractivity contribution in [1.29, 1.82) is 0 Å². The summed E-state index contributed by atoms with van der Waals surface area (Å²) in [4.78, 5) is 31.7. The Bertz CT molecular complexity index is 1270. The number of aromatic nitrogens is 3. The molecule has 1 fully saturated rings. The molecular formula is C27H34FN5O3. The third kappa shape index (κ3) is 5.20. The van der Waals surface area contributed by atoms with Crippen LogP contribution in [0.3, 0.4) is 0 Å². The van der Waals surface area contributed by atoms with Crippen LogP contribution >= 0.6 is 0 Å². The molecule has 1 N–H and O–H groups in total. The van der Waals surface area contributed by atoms with E-state index in [1.165, 1.54) is 19.2 Å². The van der Waals surface area contributed by atoms with E-state index >= 15 is 0 Å². The second-order valence-electron chi connectivity index (χ2n) is 10.7. The number of nitrogens with one attached hydrogen (secondary N) is 1. The number of likely N-dealkylation sites (tertiary alicyclic amines) is 1. The van der Waals surface area contributed by atoms with Gasteiger partial charge in [0.2, 0.25) is 0 Å². The Hall–Kier alpha value is -3.49. The van der Waals surface area contributed by atoms with Crippen LogP contribution in [0.1, 0.15) is 81.0 Å². The maximum atomic E-state index is 13.6. The predicted molar refractivity (Wildman–Crippen MR) is 136 cm³/mol. The number of hydrogen-bond donors (Lipinski definition) is 1. The van der Waals surface area contributed by atoms with Crippen LogP contribution in [0.15, 0.2) is 30.3 Å². The Morgan fingerprint density at radius 2 is 1.78 bits per heavy atom. The molecule has 0 unspecified atom stereocenters. The molecule has 3 heterocycles. The first-order valence-corrected chi connectivity index (χ1v) is 12.3. The number of esters is 1. The topological polar surface area (TPSA) is 89.4 Å². The fourth-order valence-corrected chi connectivity index (χ4v) is 4.66. The van der Waals surface area contributed by atoms with Gasteiger partial charge in [0.25, 0.3) is 0 Å². The normalized spacial score (nSPS) is 14.9. The summed E-state index contributed by atoms with van der Waals surface area (Å²) in [6, 6.07) is 7.78. The third-order valence-corrected chi connectivity index (χ3v) is 6.41.